The lowest BCUT2D eigenvalue weighted by molar-refractivity contribution is -0.385. The van der Waals surface area contributed by atoms with Gasteiger partial charge in [0.2, 0.25) is 5.75 Å². The Hall–Kier alpha value is -2.48. The number of carbonyl (C=O) groups excluding carboxylic acids is 2. The molecule has 0 fully saturated rings. The SMILES string of the molecule is CCCCCCCCCCCC[Si](CCCCCCCCCCCC)(CCCCCCCCCCCC)OC(=O)/C=C\C(=O)Oc1ccccc1[N+](=O)[O-]. The molecule has 0 aliphatic heterocycles. The van der Waals surface area contributed by atoms with Crippen LogP contribution in [0.15, 0.2) is 36.4 Å². The molecule has 1 aromatic rings. The molecule has 0 bridgehead atoms. The van der Waals surface area contributed by atoms with Crippen molar-refractivity contribution >= 4 is 25.9 Å². The van der Waals surface area contributed by atoms with Gasteiger partial charge < -0.3 is 9.16 Å². The number of nitro groups is 1. The van der Waals surface area contributed by atoms with Gasteiger partial charge in [-0.25, -0.2) is 9.59 Å². The average Bonchev–Trinajstić information content (AvgIpc) is 3.16. The number of nitro benzene ring substituents is 1. The van der Waals surface area contributed by atoms with Crippen molar-refractivity contribution in [1.82, 2.24) is 0 Å². The lowest BCUT2D eigenvalue weighted by Crippen LogP contribution is -2.40. The Morgan fingerprint density at radius 1 is 0.519 bits per heavy atom. The number of rotatable bonds is 38. The second kappa shape index (κ2) is 35.0. The zero-order chi connectivity index (χ0) is 39.4. The van der Waals surface area contributed by atoms with Crippen molar-refractivity contribution in [2.24, 2.45) is 0 Å². The summed E-state index contributed by atoms with van der Waals surface area (Å²) in [6, 6.07) is 8.71. The Kier molecular flexibility index (Phi) is 32.1. The molecule has 310 valence electrons. The topological polar surface area (TPSA) is 95.7 Å². The molecule has 0 saturated carbocycles. The van der Waals surface area contributed by atoms with Gasteiger partial charge in [-0.15, -0.1) is 0 Å². The number of para-hydroxylation sites is 2. The summed E-state index contributed by atoms with van der Waals surface area (Å²) < 4.78 is 11.8. The van der Waals surface area contributed by atoms with E-state index in [0.717, 1.165) is 43.5 Å². The molecule has 8 heteroatoms. The van der Waals surface area contributed by atoms with E-state index >= 15 is 0 Å². The van der Waals surface area contributed by atoms with Crippen LogP contribution in [0, 0.1) is 10.1 Å². The molecule has 1 aromatic carbocycles. The average molecular weight is 772 g/mol. The fraction of sp³-hybridized carbons (Fsp3) is 0.783. The summed E-state index contributed by atoms with van der Waals surface area (Å²) in [4.78, 5) is 36.9. The summed E-state index contributed by atoms with van der Waals surface area (Å²) in [6.45, 7) is 6.79. The van der Waals surface area contributed by atoms with E-state index in [4.69, 9.17) is 9.16 Å². The fourth-order valence-corrected chi connectivity index (χ4v) is 11.8. The number of unbranched alkanes of at least 4 members (excludes halogenated alkanes) is 27. The van der Waals surface area contributed by atoms with E-state index < -0.39 is 25.2 Å². The highest BCUT2D eigenvalue weighted by molar-refractivity contribution is 6.75. The van der Waals surface area contributed by atoms with E-state index in [1.165, 1.54) is 198 Å². The largest absolute Gasteiger partial charge is 0.516 e. The first-order chi connectivity index (χ1) is 26.4. The molecule has 0 saturated heterocycles. The third-order valence-corrected chi connectivity index (χ3v) is 15.3. The van der Waals surface area contributed by atoms with Gasteiger partial charge in [-0.1, -0.05) is 226 Å². The van der Waals surface area contributed by atoms with E-state index in [9.17, 15) is 19.7 Å². The summed E-state index contributed by atoms with van der Waals surface area (Å²) in [6.07, 6.45) is 40.5. The Bertz CT molecular complexity index is 1050. The smallest absolute Gasteiger partial charge is 0.336 e. The van der Waals surface area contributed by atoms with Gasteiger partial charge in [0.25, 0.3) is 8.32 Å². The molecule has 54 heavy (non-hydrogen) atoms. The normalized spacial score (nSPS) is 11.7. The molecule has 0 radical (unpaired) electrons. The molecule has 0 heterocycles. The molecule has 1 rings (SSSR count). The van der Waals surface area contributed by atoms with Crippen LogP contribution in [0.1, 0.15) is 213 Å². The van der Waals surface area contributed by atoms with Crippen LogP contribution < -0.4 is 4.74 Å². The number of carbonyl (C=O) groups is 2. The van der Waals surface area contributed by atoms with Gasteiger partial charge >= 0.3 is 17.6 Å². The summed E-state index contributed by atoms with van der Waals surface area (Å²) in [5.41, 5.74) is -0.294. The molecule has 0 N–H and O–H groups in total. The van der Waals surface area contributed by atoms with Gasteiger partial charge in [-0.2, -0.15) is 0 Å². The third kappa shape index (κ3) is 27.2. The quantitative estimate of drug-likeness (QED) is 0.0126. The maximum atomic E-state index is 13.4. The number of benzene rings is 1. The van der Waals surface area contributed by atoms with E-state index in [0.29, 0.717) is 0 Å². The number of hydrogen-bond acceptors (Lipinski definition) is 6. The molecule has 0 atom stereocenters. The van der Waals surface area contributed by atoms with E-state index in [2.05, 4.69) is 20.8 Å². The Labute approximate surface area is 332 Å². The van der Waals surface area contributed by atoms with E-state index in [1.807, 2.05) is 0 Å². The molecular formula is C46H81NO6Si. The first-order valence-corrected chi connectivity index (χ1v) is 25.3. The highest BCUT2D eigenvalue weighted by Gasteiger charge is 2.36. The number of esters is 1. The van der Waals surface area contributed by atoms with E-state index in [1.54, 1.807) is 6.07 Å². The van der Waals surface area contributed by atoms with Gasteiger partial charge in [-0.3, -0.25) is 10.1 Å². The predicted molar refractivity (Wildman–Crippen MR) is 230 cm³/mol. The standard InChI is InChI=1S/C46H81NO6Si/c1-4-7-10-13-16-19-22-25-28-33-40-54(41-34-29-26-23-20-17-14-11-8-5-2,42-35-30-27-24-21-18-15-12-9-6-3)53-46(49)39-38-45(48)52-44-37-32-31-36-43(44)47(50)51/h31-32,36-39H,4-30,33-35,40-42H2,1-3H3/b39-38-. The zero-order valence-electron chi connectivity index (χ0n) is 35.2. The van der Waals surface area contributed by atoms with Gasteiger partial charge in [0.15, 0.2) is 0 Å². The highest BCUT2D eigenvalue weighted by Crippen LogP contribution is 2.32. The summed E-state index contributed by atoms with van der Waals surface area (Å²) in [5, 5.41) is 11.4. The van der Waals surface area contributed by atoms with Crippen molar-refractivity contribution in [2.75, 3.05) is 0 Å². The summed E-state index contributed by atoms with van der Waals surface area (Å²) >= 11 is 0. The van der Waals surface area contributed by atoms with Gasteiger partial charge in [0, 0.05) is 18.2 Å². The lowest BCUT2D eigenvalue weighted by Gasteiger charge is -2.31. The molecular weight excluding hydrogens is 691 g/mol. The minimum Gasteiger partial charge on any atom is -0.516 e. The second-order valence-corrected chi connectivity index (χ2v) is 19.9. The second-order valence-electron chi connectivity index (χ2n) is 15.9. The minimum absolute atomic E-state index is 0.142. The Balaban J connectivity index is 2.90. The maximum Gasteiger partial charge on any atom is 0.336 e. The molecule has 0 aliphatic carbocycles. The lowest BCUT2D eigenvalue weighted by atomic mass is 10.1. The van der Waals surface area contributed by atoms with Gasteiger partial charge in [-0.05, 0) is 24.2 Å². The van der Waals surface area contributed by atoms with Crippen LogP contribution in [-0.4, -0.2) is 25.2 Å². The van der Waals surface area contributed by atoms with E-state index in [-0.39, 0.29) is 11.4 Å². The van der Waals surface area contributed by atoms with Crippen LogP contribution in [0.5, 0.6) is 5.75 Å². The third-order valence-electron chi connectivity index (χ3n) is 10.9. The predicted octanol–water partition coefficient (Wildman–Crippen LogP) is 15.3. The fourth-order valence-electron chi connectivity index (χ4n) is 7.55. The van der Waals surface area contributed by atoms with Crippen molar-refractivity contribution in [1.29, 1.82) is 0 Å². The van der Waals surface area contributed by atoms with Crippen LogP contribution in [0.4, 0.5) is 5.69 Å². The summed E-state index contributed by atoms with van der Waals surface area (Å²) in [7, 11) is -2.44. The zero-order valence-corrected chi connectivity index (χ0v) is 36.2. The number of hydrogen-bond donors (Lipinski definition) is 0. The monoisotopic (exact) mass is 772 g/mol. The van der Waals surface area contributed by atoms with Crippen LogP contribution in [0.25, 0.3) is 0 Å². The molecule has 0 spiro atoms. The first kappa shape index (κ1) is 49.5. The van der Waals surface area contributed by atoms with Crippen molar-refractivity contribution in [3.05, 3.63) is 46.5 Å². The van der Waals surface area contributed by atoms with Crippen molar-refractivity contribution < 1.29 is 23.7 Å². The van der Waals surface area contributed by atoms with Crippen LogP contribution in [-0.2, 0) is 14.0 Å². The van der Waals surface area contributed by atoms with Crippen molar-refractivity contribution in [3.8, 4) is 5.75 Å². The molecule has 7 nitrogen and oxygen atoms in total. The van der Waals surface area contributed by atoms with Gasteiger partial charge in [0.1, 0.15) is 0 Å². The Morgan fingerprint density at radius 2 is 0.833 bits per heavy atom. The van der Waals surface area contributed by atoms with Crippen molar-refractivity contribution in [3.63, 3.8) is 0 Å². The minimum atomic E-state index is -2.44. The summed E-state index contributed by atoms with van der Waals surface area (Å²) in [5.74, 6) is -1.45. The maximum absolute atomic E-state index is 13.4. The number of ether oxygens (including phenoxy) is 1. The first-order valence-electron chi connectivity index (χ1n) is 22.7. The van der Waals surface area contributed by atoms with Gasteiger partial charge in [0.05, 0.1) is 4.92 Å². The van der Waals surface area contributed by atoms with Crippen LogP contribution in [0.2, 0.25) is 18.1 Å². The molecule has 0 amide bonds. The molecule has 0 aliphatic rings. The van der Waals surface area contributed by atoms with Crippen molar-refractivity contribution in [2.45, 2.75) is 232 Å². The molecule has 0 unspecified atom stereocenters. The molecule has 0 aromatic heterocycles. The number of nitrogens with zero attached hydrogens (tertiary/aromatic N) is 1. The Morgan fingerprint density at radius 3 is 1.19 bits per heavy atom. The van der Waals surface area contributed by atoms with Crippen LogP contribution >= 0.6 is 0 Å². The highest BCUT2D eigenvalue weighted by atomic mass is 28.4. The van der Waals surface area contributed by atoms with Crippen LogP contribution in [0.3, 0.4) is 0 Å².